The summed E-state index contributed by atoms with van der Waals surface area (Å²) in [5, 5.41) is 3.48. The van der Waals surface area contributed by atoms with E-state index in [9.17, 15) is 4.39 Å². The van der Waals surface area contributed by atoms with Crippen LogP contribution in [0, 0.1) is 16.3 Å². The van der Waals surface area contributed by atoms with Crippen LogP contribution < -0.4 is 5.32 Å². The molecule has 20 heavy (non-hydrogen) atoms. The summed E-state index contributed by atoms with van der Waals surface area (Å²) in [5.41, 5.74) is 2.96. The highest BCUT2D eigenvalue weighted by Gasteiger charge is 2.17. The molecule has 0 heterocycles. The summed E-state index contributed by atoms with van der Waals surface area (Å²) in [6, 6.07) is 11.6. The highest BCUT2D eigenvalue weighted by atomic mass is 127. The van der Waals surface area contributed by atoms with Crippen molar-refractivity contribution in [2.45, 2.75) is 19.9 Å². The van der Waals surface area contributed by atoms with Gasteiger partial charge in [-0.1, -0.05) is 35.0 Å². The van der Waals surface area contributed by atoms with Gasteiger partial charge in [-0.3, -0.25) is 0 Å². The first-order valence-corrected chi connectivity index (χ1v) is 8.34. The third-order valence-electron chi connectivity index (χ3n) is 3.19. The van der Waals surface area contributed by atoms with Crippen LogP contribution in [0.3, 0.4) is 0 Å². The smallest absolute Gasteiger partial charge is 0.126 e. The van der Waals surface area contributed by atoms with Gasteiger partial charge in [0.15, 0.2) is 0 Å². The maximum atomic E-state index is 13.5. The second kappa shape index (κ2) is 7.00. The van der Waals surface area contributed by atoms with E-state index in [4.69, 9.17) is 0 Å². The zero-order valence-electron chi connectivity index (χ0n) is 11.4. The topological polar surface area (TPSA) is 12.0 Å². The summed E-state index contributed by atoms with van der Waals surface area (Å²) in [7, 11) is 0. The normalized spacial score (nSPS) is 12.4. The molecule has 2 aromatic carbocycles. The Bertz CT molecular complexity index is 615. The number of rotatable bonds is 4. The zero-order chi connectivity index (χ0) is 14.7. The molecule has 0 saturated heterocycles. The molecule has 1 atom stereocenters. The van der Waals surface area contributed by atoms with E-state index in [1.54, 1.807) is 13.0 Å². The second-order valence-electron chi connectivity index (χ2n) is 4.67. The Labute approximate surface area is 141 Å². The number of aryl methyl sites for hydroxylation is 1. The number of halogens is 3. The van der Waals surface area contributed by atoms with Gasteiger partial charge in [-0.15, -0.1) is 0 Å². The molecule has 0 radical (unpaired) electrons. The standard InChI is InChI=1S/C16H16BrFIN/c1-3-20-16(11-4-6-14(18)10(2)8-11)13-9-12(17)5-7-15(13)19/h4-9,16,20H,3H2,1-2H3. The van der Waals surface area contributed by atoms with E-state index in [2.05, 4.69) is 62.9 Å². The van der Waals surface area contributed by atoms with Gasteiger partial charge >= 0.3 is 0 Å². The Morgan fingerprint density at radius 3 is 2.65 bits per heavy atom. The minimum absolute atomic E-state index is 0.0729. The summed E-state index contributed by atoms with van der Waals surface area (Å²) in [5.74, 6) is -0.159. The van der Waals surface area contributed by atoms with Crippen molar-refractivity contribution >= 4 is 38.5 Å². The number of hydrogen-bond donors (Lipinski definition) is 1. The molecule has 2 rings (SSSR count). The fourth-order valence-electron chi connectivity index (χ4n) is 2.19. The van der Waals surface area contributed by atoms with Crippen LogP contribution in [0.2, 0.25) is 0 Å². The van der Waals surface area contributed by atoms with Crippen LogP contribution in [-0.4, -0.2) is 6.54 Å². The van der Waals surface area contributed by atoms with E-state index in [1.165, 1.54) is 9.13 Å². The molecular formula is C16H16BrFIN. The Morgan fingerprint density at radius 1 is 1.25 bits per heavy atom. The first-order valence-electron chi connectivity index (χ1n) is 6.47. The molecule has 106 valence electrons. The Kier molecular flexibility index (Phi) is 5.57. The predicted molar refractivity (Wildman–Crippen MR) is 93.5 cm³/mol. The van der Waals surface area contributed by atoms with Crippen molar-refractivity contribution in [3.8, 4) is 0 Å². The van der Waals surface area contributed by atoms with E-state index in [1.807, 2.05) is 18.2 Å². The van der Waals surface area contributed by atoms with Crippen LogP contribution in [0.4, 0.5) is 4.39 Å². The van der Waals surface area contributed by atoms with Crippen LogP contribution in [0.15, 0.2) is 40.9 Å². The molecule has 1 unspecified atom stereocenters. The molecule has 0 amide bonds. The summed E-state index contributed by atoms with van der Waals surface area (Å²) in [6.07, 6.45) is 0. The van der Waals surface area contributed by atoms with Gasteiger partial charge in [0.2, 0.25) is 0 Å². The SMILES string of the molecule is CCNC(c1ccc(F)c(C)c1)c1cc(Br)ccc1I. The molecule has 1 nitrogen and oxygen atoms in total. The maximum Gasteiger partial charge on any atom is 0.126 e. The maximum absolute atomic E-state index is 13.5. The van der Waals surface area contributed by atoms with Gasteiger partial charge in [0.25, 0.3) is 0 Å². The fraction of sp³-hybridized carbons (Fsp3) is 0.250. The first-order chi connectivity index (χ1) is 9.52. The average molecular weight is 448 g/mol. The quantitative estimate of drug-likeness (QED) is 0.635. The first kappa shape index (κ1) is 15.9. The van der Waals surface area contributed by atoms with Crippen molar-refractivity contribution in [3.63, 3.8) is 0 Å². The van der Waals surface area contributed by atoms with Gasteiger partial charge in [0.1, 0.15) is 5.82 Å². The van der Waals surface area contributed by atoms with Crippen molar-refractivity contribution in [2.75, 3.05) is 6.54 Å². The minimum atomic E-state index is -0.159. The summed E-state index contributed by atoms with van der Waals surface area (Å²) >= 11 is 5.86. The van der Waals surface area contributed by atoms with Crippen LogP contribution in [0.5, 0.6) is 0 Å². The van der Waals surface area contributed by atoms with Crippen molar-refractivity contribution in [1.82, 2.24) is 5.32 Å². The van der Waals surface area contributed by atoms with Crippen LogP contribution >= 0.6 is 38.5 Å². The van der Waals surface area contributed by atoms with Crippen molar-refractivity contribution < 1.29 is 4.39 Å². The van der Waals surface area contributed by atoms with Crippen LogP contribution in [-0.2, 0) is 0 Å². The van der Waals surface area contributed by atoms with Gasteiger partial charge in [0, 0.05) is 8.04 Å². The van der Waals surface area contributed by atoms with Gasteiger partial charge in [0.05, 0.1) is 6.04 Å². The average Bonchev–Trinajstić information content (AvgIpc) is 2.42. The molecule has 0 aromatic heterocycles. The molecule has 0 aliphatic rings. The van der Waals surface area contributed by atoms with E-state index >= 15 is 0 Å². The van der Waals surface area contributed by atoms with Gasteiger partial charge < -0.3 is 5.32 Å². The Balaban J connectivity index is 2.49. The Morgan fingerprint density at radius 2 is 2.00 bits per heavy atom. The lowest BCUT2D eigenvalue weighted by Crippen LogP contribution is -2.23. The molecule has 1 N–H and O–H groups in total. The van der Waals surface area contributed by atoms with E-state index in [0.717, 1.165) is 16.6 Å². The van der Waals surface area contributed by atoms with Gasteiger partial charge in [-0.25, -0.2) is 4.39 Å². The summed E-state index contributed by atoms with van der Waals surface area (Å²) in [6.45, 7) is 4.73. The lowest BCUT2D eigenvalue weighted by molar-refractivity contribution is 0.605. The van der Waals surface area contributed by atoms with Crippen molar-refractivity contribution in [3.05, 3.63) is 66.9 Å². The molecule has 0 bridgehead atoms. The van der Waals surface area contributed by atoms with Crippen molar-refractivity contribution in [2.24, 2.45) is 0 Å². The largest absolute Gasteiger partial charge is 0.306 e. The summed E-state index contributed by atoms with van der Waals surface area (Å²) < 4.78 is 15.7. The van der Waals surface area contributed by atoms with E-state index < -0.39 is 0 Å². The third-order valence-corrected chi connectivity index (χ3v) is 4.67. The zero-order valence-corrected chi connectivity index (χ0v) is 15.1. The van der Waals surface area contributed by atoms with Gasteiger partial charge in [-0.2, -0.15) is 0 Å². The second-order valence-corrected chi connectivity index (χ2v) is 6.74. The van der Waals surface area contributed by atoms with Crippen LogP contribution in [0.1, 0.15) is 29.7 Å². The molecule has 0 saturated carbocycles. The number of hydrogen-bond acceptors (Lipinski definition) is 1. The monoisotopic (exact) mass is 447 g/mol. The lowest BCUT2D eigenvalue weighted by Gasteiger charge is -2.21. The highest BCUT2D eigenvalue weighted by molar-refractivity contribution is 14.1. The van der Waals surface area contributed by atoms with Gasteiger partial charge in [-0.05, 0) is 77.0 Å². The minimum Gasteiger partial charge on any atom is -0.306 e. The Hall–Kier alpha value is -0.460. The lowest BCUT2D eigenvalue weighted by atomic mass is 9.97. The fourth-order valence-corrected chi connectivity index (χ4v) is 3.22. The molecule has 0 spiro atoms. The molecule has 0 aliphatic carbocycles. The van der Waals surface area contributed by atoms with E-state index in [0.29, 0.717) is 5.56 Å². The van der Waals surface area contributed by atoms with Crippen molar-refractivity contribution in [1.29, 1.82) is 0 Å². The molecule has 0 aliphatic heterocycles. The molecule has 2 aromatic rings. The summed E-state index contributed by atoms with van der Waals surface area (Å²) in [4.78, 5) is 0. The molecule has 0 fully saturated rings. The third kappa shape index (κ3) is 3.59. The number of benzene rings is 2. The molecular weight excluding hydrogens is 432 g/mol. The highest BCUT2D eigenvalue weighted by Crippen LogP contribution is 2.29. The van der Waals surface area contributed by atoms with Crippen LogP contribution in [0.25, 0.3) is 0 Å². The number of nitrogens with one attached hydrogen (secondary N) is 1. The van der Waals surface area contributed by atoms with E-state index in [-0.39, 0.29) is 11.9 Å². The molecule has 4 heteroatoms. The predicted octanol–water partition coefficient (Wildman–Crippen LogP) is 5.20.